The summed E-state index contributed by atoms with van der Waals surface area (Å²) in [6.07, 6.45) is 1.33. The lowest BCUT2D eigenvalue weighted by Crippen LogP contribution is -2.38. The molecule has 5 heteroatoms. The van der Waals surface area contributed by atoms with E-state index in [0.717, 1.165) is 12.0 Å². The van der Waals surface area contributed by atoms with Gasteiger partial charge in [-0.05, 0) is 37.5 Å². The van der Waals surface area contributed by atoms with Crippen LogP contribution < -0.4 is 10.6 Å². The molecule has 1 aromatic carbocycles. The summed E-state index contributed by atoms with van der Waals surface area (Å²) in [6, 6.07) is 5.04. The zero-order valence-corrected chi connectivity index (χ0v) is 11.4. The molecule has 1 rings (SSSR count). The molecule has 0 fully saturated rings. The second-order valence-electron chi connectivity index (χ2n) is 4.18. The molecule has 4 nitrogen and oxygen atoms in total. The average Bonchev–Trinajstić information content (AvgIpc) is 2.33. The van der Waals surface area contributed by atoms with Crippen molar-refractivity contribution in [1.82, 2.24) is 5.32 Å². The van der Waals surface area contributed by atoms with Crippen molar-refractivity contribution in [3.05, 3.63) is 28.8 Å². The summed E-state index contributed by atoms with van der Waals surface area (Å²) in [7, 11) is 0. The molecule has 0 bridgehead atoms. The predicted octanol–water partition coefficient (Wildman–Crippen LogP) is 2.93. The van der Waals surface area contributed by atoms with Gasteiger partial charge in [-0.15, -0.1) is 0 Å². The van der Waals surface area contributed by atoms with E-state index < -0.39 is 0 Å². The highest BCUT2D eigenvalue weighted by Gasteiger charge is 2.10. The molecule has 0 aliphatic heterocycles. The average molecular weight is 271 g/mol. The van der Waals surface area contributed by atoms with Gasteiger partial charge in [-0.25, -0.2) is 4.79 Å². The van der Waals surface area contributed by atoms with Gasteiger partial charge in [0.25, 0.3) is 0 Å². The van der Waals surface area contributed by atoms with Crippen molar-refractivity contribution >= 4 is 23.3 Å². The lowest BCUT2D eigenvalue weighted by molar-refractivity contribution is 0.237. The number of hydrogen-bond acceptors (Lipinski definition) is 2. The van der Waals surface area contributed by atoms with Crippen molar-refractivity contribution in [3.8, 4) is 0 Å². The number of rotatable bonds is 5. The van der Waals surface area contributed by atoms with Gasteiger partial charge >= 0.3 is 6.03 Å². The lowest BCUT2D eigenvalue weighted by atomic mass is 10.1. The Kier molecular flexibility index (Phi) is 5.95. The summed E-state index contributed by atoms with van der Waals surface area (Å²) in [5.74, 6) is 0. The highest BCUT2D eigenvalue weighted by Crippen LogP contribution is 2.20. The number of aliphatic hydroxyl groups excluding tert-OH is 1. The Morgan fingerprint density at radius 1 is 1.50 bits per heavy atom. The fourth-order valence-electron chi connectivity index (χ4n) is 1.61. The van der Waals surface area contributed by atoms with Crippen LogP contribution in [-0.2, 0) is 0 Å². The predicted molar refractivity (Wildman–Crippen MR) is 74.1 cm³/mol. The van der Waals surface area contributed by atoms with E-state index in [9.17, 15) is 4.79 Å². The maximum absolute atomic E-state index is 11.8. The maximum Gasteiger partial charge on any atom is 0.319 e. The molecule has 0 spiro atoms. The second-order valence-corrected chi connectivity index (χ2v) is 4.61. The van der Waals surface area contributed by atoms with Crippen LogP contribution in [0.3, 0.4) is 0 Å². The van der Waals surface area contributed by atoms with Crippen molar-refractivity contribution in [2.45, 2.75) is 32.7 Å². The largest absolute Gasteiger partial charge is 0.396 e. The molecule has 0 aliphatic rings. The first kappa shape index (κ1) is 14.8. The third-order valence-electron chi connectivity index (χ3n) is 2.75. The van der Waals surface area contributed by atoms with Gasteiger partial charge in [0.15, 0.2) is 0 Å². The molecule has 1 atom stereocenters. The molecule has 0 heterocycles. The van der Waals surface area contributed by atoms with Gasteiger partial charge in [-0.1, -0.05) is 24.6 Å². The highest BCUT2D eigenvalue weighted by molar-refractivity contribution is 6.31. The highest BCUT2D eigenvalue weighted by atomic mass is 35.5. The molecule has 3 N–H and O–H groups in total. The zero-order valence-electron chi connectivity index (χ0n) is 10.7. The summed E-state index contributed by atoms with van der Waals surface area (Å²) in [6.45, 7) is 3.93. The Morgan fingerprint density at radius 3 is 2.83 bits per heavy atom. The number of carbonyl (C=O) groups is 1. The number of anilines is 1. The van der Waals surface area contributed by atoms with Crippen molar-refractivity contribution in [2.75, 3.05) is 11.9 Å². The van der Waals surface area contributed by atoms with E-state index in [0.29, 0.717) is 17.1 Å². The van der Waals surface area contributed by atoms with E-state index in [1.807, 2.05) is 19.9 Å². The molecular weight excluding hydrogens is 252 g/mol. The van der Waals surface area contributed by atoms with E-state index in [4.69, 9.17) is 16.7 Å². The molecule has 2 amide bonds. The quantitative estimate of drug-likeness (QED) is 0.770. The first-order chi connectivity index (χ1) is 8.56. The van der Waals surface area contributed by atoms with Crippen molar-refractivity contribution in [1.29, 1.82) is 0 Å². The third kappa shape index (κ3) is 4.55. The number of nitrogens with one attached hydrogen (secondary N) is 2. The van der Waals surface area contributed by atoms with E-state index in [-0.39, 0.29) is 18.7 Å². The summed E-state index contributed by atoms with van der Waals surface area (Å²) >= 11 is 5.88. The van der Waals surface area contributed by atoms with Crippen LogP contribution in [-0.4, -0.2) is 23.8 Å². The number of halogens is 1. The van der Waals surface area contributed by atoms with Gasteiger partial charge < -0.3 is 15.7 Å². The summed E-state index contributed by atoms with van der Waals surface area (Å²) in [4.78, 5) is 11.8. The Morgan fingerprint density at radius 2 is 2.22 bits per heavy atom. The number of carbonyl (C=O) groups excluding carboxylic acids is 1. The number of amides is 2. The lowest BCUT2D eigenvalue weighted by Gasteiger charge is -2.17. The smallest absolute Gasteiger partial charge is 0.319 e. The van der Waals surface area contributed by atoms with Crippen molar-refractivity contribution in [3.63, 3.8) is 0 Å². The Bertz CT molecular complexity index is 410. The van der Waals surface area contributed by atoms with Crippen molar-refractivity contribution < 1.29 is 9.90 Å². The second kappa shape index (κ2) is 7.24. The van der Waals surface area contributed by atoms with Gasteiger partial charge in [0.1, 0.15) is 0 Å². The van der Waals surface area contributed by atoms with Gasteiger partial charge in [0.05, 0.1) is 0 Å². The number of hydrogen-bond donors (Lipinski definition) is 3. The van der Waals surface area contributed by atoms with Gasteiger partial charge in [0, 0.05) is 23.4 Å². The normalized spacial score (nSPS) is 12.0. The monoisotopic (exact) mass is 270 g/mol. The van der Waals surface area contributed by atoms with Crippen LogP contribution in [0.4, 0.5) is 10.5 Å². The minimum Gasteiger partial charge on any atom is -0.396 e. The van der Waals surface area contributed by atoms with Crippen molar-refractivity contribution in [2.24, 2.45) is 0 Å². The minimum atomic E-state index is -0.277. The fourth-order valence-corrected chi connectivity index (χ4v) is 1.78. The first-order valence-corrected chi connectivity index (χ1v) is 6.39. The van der Waals surface area contributed by atoms with E-state index in [1.54, 1.807) is 12.1 Å². The fraction of sp³-hybridized carbons (Fsp3) is 0.462. The Hall–Kier alpha value is -1.26. The van der Waals surface area contributed by atoms with Gasteiger partial charge in [-0.3, -0.25) is 0 Å². The molecule has 0 saturated heterocycles. The van der Waals surface area contributed by atoms with E-state index in [2.05, 4.69) is 10.6 Å². The molecule has 18 heavy (non-hydrogen) atoms. The molecule has 0 saturated carbocycles. The molecule has 100 valence electrons. The van der Waals surface area contributed by atoms with Crippen LogP contribution in [0.2, 0.25) is 5.02 Å². The van der Waals surface area contributed by atoms with Gasteiger partial charge in [-0.2, -0.15) is 0 Å². The number of benzene rings is 1. The first-order valence-electron chi connectivity index (χ1n) is 6.01. The van der Waals surface area contributed by atoms with E-state index >= 15 is 0 Å². The number of urea groups is 1. The Labute approximate surface area is 112 Å². The summed E-state index contributed by atoms with van der Waals surface area (Å²) < 4.78 is 0. The zero-order chi connectivity index (χ0) is 13.5. The molecule has 0 aromatic heterocycles. The van der Waals surface area contributed by atoms with Crippen LogP contribution in [0.15, 0.2) is 18.2 Å². The molecule has 0 radical (unpaired) electrons. The number of aryl methyl sites for hydroxylation is 1. The van der Waals surface area contributed by atoms with Crippen LogP contribution in [0.1, 0.15) is 25.3 Å². The standard InChI is InChI=1S/C13H19ClN2O2/c1-3-11(6-7-17)15-13(18)16-12-8-10(14)5-4-9(12)2/h4-5,8,11,17H,3,6-7H2,1-2H3,(H2,15,16,18). The Balaban J connectivity index is 2.61. The molecule has 0 aliphatic carbocycles. The van der Waals surface area contributed by atoms with Crippen LogP contribution in [0.5, 0.6) is 0 Å². The van der Waals surface area contributed by atoms with Crippen LogP contribution in [0, 0.1) is 6.92 Å². The number of aliphatic hydroxyl groups is 1. The SMILES string of the molecule is CCC(CCO)NC(=O)Nc1cc(Cl)ccc1C. The van der Waals surface area contributed by atoms with E-state index in [1.165, 1.54) is 0 Å². The molecule has 1 unspecified atom stereocenters. The molecule has 1 aromatic rings. The summed E-state index contributed by atoms with van der Waals surface area (Å²) in [5.41, 5.74) is 1.64. The van der Waals surface area contributed by atoms with Crippen LogP contribution in [0.25, 0.3) is 0 Å². The maximum atomic E-state index is 11.8. The van der Waals surface area contributed by atoms with Crippen LogP contribution >= 0.6 is 11.6 Å². The third-order valence-corrected chi connectivity index (χ3v) is 2.99. The topological polar surface area (TPSA) is 61.4 Å². The summed E-state index contributed by atoms with van der Waals surface area (Å²) in [5, 5.41) is 15.0. The minimum absolute atomic E-state index is 0.0190. The molecular formula is C13H19ClN2O2. The van der Waals surface area contributed by atoms with Gasteiger partial charge in [0.2, 0.25) is 0 Å².